The summed E-state index contributed by atoms with van der Waals surface area (Å²) in [6.45, 7) is 16.7. The summed E-state index contributed by atoms with van der Waals surface area (Å²) in [7, 11) is 0. The highest BCUT2D eigenvalue weighted by molar-refractivity contribution is 5.73. The normalized spacial score (nSPS) is 46.9. The molecule has 0 amide bonds. The molecule has 1 heterocycles. The lowest BCUT2D eigenvalue weighted by Gasteiger charge is -2.71. The molecular formula is C30H46O3. The lowest BCUT2D eigenvalue weighted by molar-refractivity contribution is -0.237. The molecule has 1 saturated heterocycles. The number of ether oxygens (including phenoxy) is 1. The highest BCUT2D eigenvalue weighted by Crippen LogP contribution is 2.76. The second-order valence-corrected chi connectivity index (χ2v) is 13.3. The van der Waals surface area contributed by atoms with Crippen molar-refractivity contribution in [1.29, 1.82) is 0 Å². The average Bonchev–Trinajstić information content (AvgIpc) is 3.13. The van der Waals surface area contributed by atoms with Crippen LogP contribution in [0.4, 0.5) is 0 Å². The van der Waals surface area contributed by atoms with Gasteiger partial charge in [0.25, 0.3) is 0 Å². The van der Waals surface area contributed by atoms with Crippen molar-refractivity contribution in [3.63, 3.8) is 0 Å². The second-order valence-electron chi connectivity index (χ2n) is 13.3. The van der Waals surface area contributed by atoms with E-state index >= 15 is 0 Å². The first-order valence-corrected chi connectivity index (χ1v) is 13.2. The quantitative estimate of drug-likeness (QED) is 0.368. The van der Waals surface area contributed by atoms with E-state index in [4.69, 9.17) is 4.74 Å². The fraction of sp³-hybridized carbons (Fsp3) is 0.767. The van der Waals surface area contributed by atoms with Gasteiger partial charge in [-0.05, 0) is 85.9 Å². The van der Waals surface area contributed by atoms with Gasteiger partial charge in [0.15, 0.2) is 0 Å². The summed E-state index contributed by atoms with van der Waals surface area (Å²) >= 11 is 0. The maximum atomic E-state index is 12.7. The maximum absolute atomic E-state index is 12.7. The van der Waals surface area contributed by atoms with Crippen molar-refractivity contribution in [3.8, 4) is 0 Å². The second kappa shape index (κ2) is 8.11. The number of cyclic esters (lactones) is 1. The van der Waals surface area contributed by atoms with Crippen molar-refractivity contribution in [2.24, 2.45) is 38.9 Å². The van der Waals surface area contributed by atoms with Crippen molar-refractivity contribution in [2.75, 3.05) is 6.61 Å². The van der Waals surface area contributed by atoms with Crippen molar-refractivity contribution < 1.29 is 14.6 Å². The number of fused-ring (bicyclic) bond motifs is 4. The van der Waals surface area contributed by atoms with Crippen LogP contribution in [0.2, 0.25) is 0 Å². The smallest absolute Gasteiger partial charge is 0.306 e. The van der Waals surface area contributed by atoms with Crippen molar-refractivity contribution in [1.82, 2.24) is 0 Å². The molecule has 1 N–H and O–H groups in total. The van der Waals surface area contributed by atoms with Gasteiger partial charge in [-0.1, -0.05) is 70.6 Å². The number of carbonyl (C=O) groups excluding carboxylic acids is 1. The van der Waals surface area contributed by atoms with Gasteiger partial charge in [-0.3, -0.25) is 4.79 Å². The zero-order chi connectivity index (χ0) is 24.3. The summed E-state index contributed by atoms with van der Waals surface area (Å²) in [4.78, 5) is 12.7. The Morgan fingerprint density at radius 1 is 0.939 bits per heavy atom. The van der Waals surface area contributed by atoms with Crippen LogP contribution in [0.1, 0.15) is 93.4 Å². The third-order valence-corrected chi connectivity index (χ3v) is 11.2. The van der Waals surface area contributed by atoms with Crippen LogP contribution in [0.25, 0.3) is 0 Å². The third-order valence-electron chi connectivity index (χ3n) is 11.2. The molecule has 4 rings (SSSR count). The summed E-state index contributed by atoms with van der Waals surface area (Å²) in [5.41, 5.74) is 1.23. The van der Waals surface area contributed by atoms with Gasteiger partial charge in [-0.2, -0.15) is 0 Å². The van der Waals surface area contributed by atoms with Gasteiger partial charge >= 0.3 is 5.97 Å². The first kappa shape index (κ1) is 24.8. The molecule has 3 saturated carbocycles. The minimum atomic E-state index is -0.213. The van der Waals surface area contributed by atoms with Gasteiger partial charge in [0.05, 0.1) is 19.1 Å². The SMILES string of the molecule is CC(C)=C/C=C/C=C/[C@@]1(C)CCC2C3(C)CCC(O)C(C)(C)C3CC[C@@]2(C)[C@@]12COC(=O)C2. The Labute approximate surface area is 201 Å². The van der Waals surface area contributed by atoms with Crippen LogP contribution in [-0.4, -0.2) is 23.8 Å². The molecule has 33 heavy (non-hydrogen) atoms. The third kappa shape index (κ3) is 3.51. The van der Waals surface area contributed by atoms with Crippen LogP contribution < -0.4 is 0 Å². The maximum Gasteiger partial charge on any atom is 0.306 e. The zero-order valence-electron chi connectivity index (χ0n) is 22.0. The summed E-state index contributed by atoms with van der Waals surface area (Å²) in [6, 6.07) is 0. The van der Waals surface area contributed by atoms with Crippen LogP contribution >= 0.6 is 0 Å². The van der Waals surface area contributed by atoms with Crippen LogP contribution in [0.3, 0.4) is 0 Å². The fourth-order valence-corrected chi connectivity index (χ4v) is 9.21. The number of hydrogen-bond donors (Lipinski definition) is 1. The Morgan fingerprint density at radius 2 is 1.64 bits per heavy atom. The molecule has 4 aliphatic rings. The zero-order valence-corrected chi connectivity index (χ0v) is 22.0. The van der Waals surface area contributed by atoms with Gasteiger partial charge in [0.2, 0.25) is 0 Å². The van der Waals surface area contributed by atoms with Gasteiger partial charge < -0.3 is 9.84 Å². The van der Waals surface area contributed by atoms with E-state index in [9.17, 15) is 9.90 Å². The number of aliphatic hydroxyl groups is 1. The predicted octanol–water partition coefficient (Wildman–Crippen LogP) is 7.02. The largest absolute Gasteiger partial charge is 0.465 e. The highest BCUT2D eigenvalue weighted by Gasteiger charge is 2.72. The summed E-state index contributed by atoms with van der Waals surface area (Å²) in [5.74, 6) is 1.05. The Kier molecular flexibility index (Phi) is 6.08. The van der Waals surface area contributed by atoms with Crippen molar-refractivity contribution >= 4 is 5.97 Å². The molecule has 0 bridgehead atoms. The molecule has 1 spiro atoms. The minimum Gasteiger partial charge on any atom is -0.465 e. The Hall–Kier alpha value is -1.35. The van der Waals surface area contributed by atoms with E-state index in [1.165, 1.54) is 12.0 Å². The molecule has 0 aromatic carbocycles. The molecule has 0 aromatic rings. The number of esters is 1. The molecule has 0 radical (unpaired) electrons. The van der Waals surface area contributed by atoms with Crippen LogP contribution in [0.15, 0.2) is 36.0 Å². The van der Waals surface area contributed by atoms with E-state index in [0.29, 0.717) is 24.9 Å². The van der Waals surface area contributed by atoms with E-state index < -0.39 is 0 Å². The Morgan fingerprint density at radius 3 is 2.27 bits per heavy atom. The Balaban J connectivity index is 1.74. The topological polar surface area (TPSA) is 46.5 Å². The molecule has 184 valence electrons. The van der Waals surface area contributed by atoms with E-state index in [1.807, 2.05) is 0 Å². The standard InChI is InChI=1S/C30H46O3/c1-21(2)11-9-8-10-15-27(5)16-12-23-28(6)17-14-24(31)26(3,4)22(28)13-18-29(23,7)30(27)19-25(32)33-20-30/h8-11,15,22-24,31H,12-14,16-20H2,1-7H3/b9-8+,15-10+/t22?,23?,24?,27-,28?,29+,30-/m0/s1. The van der Waals surface area contributed by atoms with Crippen LogP contribution in [-0.2, 0) is 9.53 Å². The average molecular weight is 455 g/mol. The minimum absolute atomic E-state index is 0.0248. The fourth-order valence-electron chi connectivity index (χ4n) is 9.21. The van der Waals surface area contributed by atoms with Crippen molar-refractivity contribution in [2.45, 2.75) is 99.5 Å². The number of rotatable bonds is 3. The monoisotopic (exact) mass is 454 g/mol. The predicted molar refractivity (Wildman–Crippen MR) is 135 cm³/mol. The molecular weight excluding hydrogens is 408 g/mol. The van der Waals surface area contributed by atoms with E-state index in [0.717, 1.165) is 32.1 Å². The molecule has 3 aliphatic carbocycles. The van der Waals surface area contributed by atoms with Gasteiger partial charge in [-0.15, -0.1) is 0 Å². The van der Waals surface area contributed by atoms with E-state index in [-0.39, 0.29) is 39.1 Å². The number of hydrogen-bond acceptors (Lipinski definition) is 3. The molecule has 4 fully saturated rings. The van der Waals surface area contributed by atoms with Crippen molar-refractivity contribution in [3.05, 3.63) is 36.0 Å². The summed E-state index contributed by atoms with van der Waals surface area (Å²) < 4.78 is 5.80. The molecule has 4 unspecified atom stereocenters. The first-order valence-electron chi connectivity index (χ1n) is 13.2. The van der Waals surface area contributed by atoms with Gasteiger partial charge in [0.1, 0.15) is 0 Å². The van der Waals surface area contributed by atoms with Gasteiger partial charge in [0, 0.05) is 5.41 Å². The Bertz CT molecular complexity index is 877. The number of carbonyl (C=O) groups is 1. The molecule has 3 nitrogen and oxygen atoms in total. The molecule has 3 heteroatoms. The highest BCUT2D eigenvalue weighted by atomic mass is 16.5. The molecule has 1 aliphatic heterocycles. The number of aliphatic hydroxyl groups excluding tert-OH is 1. The van der Waals surface area contributed by atoms with Gasteiger partial charge in [-0.25, -0.2) is 0 Å². The number of allylic oxidation sites excluding steroid dienone is 6. The van der Waals surface area contributed by atoms with Crippen LogP contribution in [0.5, 0.6) is 0 Å². The first-order chi connectivity index (χ1) is 15.3. The van der Waals surface area contributed by atoms with E-state index in [1.54, 1.807) is 0 Å². The molecule has 7 atom stereocenters. The van der Waals surface area contributed by atoms with Crippen LogP contribution in [0, 0.1) is 38.9 Å². The lowest BCUT2D eigenvalue weighted by atomic mass is 9.33. The lowest BCUT2D eigenvalue weighted by Crippen LogP contribution is -2.67. The summed E-state index contributed by atoms with van der Waals surface area (Å²) in [6.07, 6.45) is 17.7. The molecule has 0 aromatic heterocycles. The van der Waals surface area contributed by atoms with E-state index in [2.05, 4.69) is 78.8 Å². The summed E-state index contributed by atoms with van der Waals surface area (Å²) in [5, 5.41) is 10.9.